The number of carbonyl (C=O) groups excluding carboxylic acids is 2. The largest absolute Gasteiger partial charge is 0.497 e. The summed E-state index contributed by atoms with van der Waals surface area (Å²) in [6.07, 6.45) is 1.46. The zero-order chi connectivity index (χ0) is 20.9. The van der Waals surface area contributed by atoms with Crippen molar-refractivity contribution in [2.45, 2.75) is 18.9 Å². The van der Waals surface area contributed by atoms with E-state index < -0.39 is 0 Å². The molecule has 3 aromatic rings. The van der Waals surface area contributed by atoms with Crippen LogP contribution in [0.3, 0.4) is 0 Å². The van der Waals surface area contributed by atoms with Crippen LogP contribution in [0, 0.1) is 0 Å². The van der Waals surface area contributed by atoms with Crippen LogP contribution >= 0.6 is 0 Å². The number of rotatable bonds is 6. The van der Waals surface area contributed by atoms with Crippen LogP contribution in [0.15, 0.2) is 78.9 Å². The van der Waals surface area contributed by atoms with Crippen LogP contribution in [0.1, 0.15) is 40.4 Å². The number of nitrogens with one attached hydrogen (secondary N) is 1. The summed E-state index contributed by atoms with van der Waals surface area (Å²) in [4.78, 5) is 26.7. The van der Waals surface area contributed by atoms with Crippen molar-refractivity contribution in [3.05, 3.63) is 95.6 Å². The quantitative estimate of drug-likeness (QED) is 0.670. The first-order valence-corrected chi connectivity index (χ1v) is 10.1. The highest BCUT2D eigenvalue weighted by Crippen LogP contribution is 2.26. The Morgan fingerprint density at radius 3 is 2.20 bits per heavy atom. The van der Waals surface area contributed by atoms with Gasteiger partial charge in [-0.1, -0.05) is 42.5 Å². The van der Waals surface area contributed by atoms with E-state index in [2.05, 4.69) is 5.32 Å². The van der Waals surface area contributed by atoms with Gasteiger partial charge in [-0.05, 0) is 53.9 Å². The van der Waals surface area contributed by atoms with Gasteiger partial charge < -0.3 is 15.0 Å². The molecule has 1 aliphatic heterocycles. The van der Waals surface area contributed by atoms with Crippen molar-refractivity contribution >= 4 is 17.5 Å². The molecule has 0 radical (unpaired) electrons. The second-order valence-corrected chi connectivity index (χ2v) is 7.29. The van der Waals surface area contributed by atoms with Crippen molar-refractivity contribution in [3.63, 3.8) is 0 Å². The molecule has 2 amide bonds. The fourth-order valence-corrected chi connectivity index (χ4v) is 3.73. The molecule has 1 N–H and O–H groups in total. The van der Waals surface area contributed by atoms with Crippen LogP contribution in [0.4, 0.5) is 5.69 Å². The molecular weight excluding hydrogens is 376 g/mol. The number of amides is 2. The van der Waals surface area contributed by atoms with Crippen molar-refractivity contribution in [2.24, 2.45) is 0 Å². The van der Waals surface area contributed by atoms with Gasteiger partial charge in [0, 0.05) is 24.2 Å². The predicted octanol–water partition coefficient (Wildman–Crippen LogP) is 4.34. The highest BCUT2D eigenvalue weighted by molar-refractivity contribution is 5.97. The number of ether oxygens (including phenoxy) is 1. The average molecular weight is 400 g/mol. The molecule has 0 unspecified atom stereocenters. The van der Waals surface area contributed by atoms with Gasteiger partial charge in [-0.2, -0.15) is 0 Å². The number of hydrogen-bond acceptors (Lipinski definition) is 3. The highest BCUT2D eigenvalue weighted by atomic mass is 16.5. The first kappa shape index (κ1) is 19.7. The Morgan fingerprint density at radius 1 is 0.933 bits per heavy atom. The van der Waals surface area contributed by atoms with E-state index >= 15 is 0 Å². The summed E-state index contributed by atoms with van der Waals surface area (Å²) in [7, 11) is 1.63. The van der Waals surface area contributed by atoms with Crippen LogP contribution in [0.2, 0.25) is 0 Å². The molecule has 5 nitrogen and oxygen atoms in total. The number of hydrogen-bond donors (Lipinski definition) is 1. The SMILES string of the molecule is COc1ccc([C@H](NC(=O)c2ccc(N3CCCC3=O)cc2)c2ccccc2)cc1. The molecule has 0 spiro atoms. The van der Waals surface area contributed by atoms with E-state index in [4.69, 9.17) is 4.74 Å². The fraction of sp³-hybridized carbons (Fsp3) is 0.200. The molecule has 0 saturated carbocycles. The van der Waals surface area contributed by atoms with E-state index in [0.29, 0.717) is 12.0 Å². The number of benzene rings is 3. The molecular formula is C25H24N2O3. The molecule has 3 aromatic carbocycles. The van der Waals surface area contributed by atoms with E-state index in [1.807, 2.05) is 66.7 Å². The molecule has 1 heterocycles. The van der Waals surface area contributed by atoms with E-state index in [9.17, 15) is 9.59 Å². The van der Waals surface area contributed by atoms with Crippen LogP contribution in [0.5, 0.6) is 5.75 Å². The van der Waals surface area contributed by atoms with Crippen molar-refractivity contribution in [3.8, 4) is 5.75 Å². The van der Waals surface area contributed by atoms with Crippen LogP contribution in [-0.2, 0) is 4.79 Å². The van der Waals surface area contributed by atoms with Crippen LogP contribution in [0.25, 0.3) is 0 Å². The zero-order valence-electron chi connectivity index (χ0n) is 16.9. The number of nitrogens with zero attached hydrogens (tertiary/aromatic N) is 1. The number of anilines is 1. The van der Waals surface area contributed by atoms with Gasteiger partial charge >= 0.3 is 0 Å². The van der Waals surface area contributed by atoms with Crippen LogP contribution in [-0.4, -0.2) is 25.5 Å². The minimum absolute atomic E-state index is 0.135. The van der Waals surface area contributed by atoms with Gasteiger partial charge in [0.2, 0.25) is 5.91 Å². The third-order valence-electron chi connectivity index (χ3n) is 5.37. The maximum Gasteiger partial charge on any atom is 0.252 e. The zero-order valence-corrected chi connectivity index (χ0v) is 16.9. The molecule has 1 atom stereocenters. The third-order valence-corrected chi connectivity index (χ3v) is 5.37. The molecule has 30 heavy (non-hydrogen) atoms. The van der Waals surface area contributed by atoms with Crippen molar-refractivity contribution in [1.29, 1.82) is 0 Å². The highest BCUT2D eigenvalue weighted by Gasteiger charge is 2.22. The van der Waals surface area contributed by atoms with Gasteiger partial charge in [-0.25, -0.2) is 0 Å². The number of carbonyl (C=O) groups is 2. The summed E-state index contributed by atoms with van der Waals surface area (Å²) in [5, 5.41) is 3.14. The lowest BCUT2D eigenvalue weighted by molar-refractivity contribution is -0.117. The maximum atomic E-state index is 13.0. The third kappa shape index (κ3) is 4.20. The second-order valence-electron chi connectivity index (χ2n) is 7.29. The second kappa shape index (κ2) is 8.82. The first-order chi connectivity index (χ1) is 14.7. The molecule has 0 aliphatic carbocycles. The topological polar surface area (TPSA) is 58.6 Å². The summed E-state index contributed by atoms with van der Waals surface area (Å²) in [5.41, 5.74) is 3.36. The molecule has 4 rings (SSSR count). The van der Waals surface area contributed by atoms with Gasteiger partial charge in [-0.15, -0.1) is 0 Å². The molecule has 0 aromatic heterocycles. The van der Waals surface area contributed by atoms with Crippen molar-refractivity contribution < 1.29 is 14.3 Å². The summed E-state index contributed by atoms with van der Waals surface area (Å²) in [5.74, 6) is 0.735. The van der Waals surface area contributed by atoms with Gasteiger partial charge in [0.05, 0.1) is 13.2 Å². The summed E-state index contributed by atoms with van der Waals surface area (Å²) in [6, 6.07) is 24.5. The minimum Gasteiger partial charge on any atom is -0.497 e. The lowest BCUT2D eigenvalue weighted by Crippen LogP contribution is -2.29. The Morgan fingerprint density at radius 2 is 1.60 bits per heavy atom. The fourth-order valence-electron chi connectivity index (χ4n) is 3.73. The predicted molar refractivity (Wildman–Crippen MR) is 117 cm³/mol. The average Bonchev–Trinajstić information content (AvgIpc) is 3.24. The Labute approximate surface area is 176 Å². The van der Waals surface area contributed by atoms with E-state index in [1.165, 1.54) is 0 Å². The molecule has 0 bridgehead atoms. The molecule has 152 valence electrons. The summed E-state index contributed by atoms with van der Waals surface area (Å²) < 4.78 is 5.25. The normalized spacial score (nSPS) is 14.4. The lowest BCUT2D eigenvalue weighted by Gasteiger charge is -2.21. The summed E-state index contributed by atoms with van der Waals surface area (Å²) in [6.45, 7) is 0.734. The van der Waals surface area contributed by atoms with Gasteiger partial charge in [0.15, 0.2) is 0 Å². The Bertz CT molecular complexity index is 1010. The summed E-state index contributed by atoms with van der Waals surface area (Å²) >= 11 is 0. The molecule has 1 fully saturated rings. The van der Waals surface area contributed by atoms with Crippen LogP contribution < -0.4 is 15.0 Å². The Kier molecular flexibility index (Phi) is 5.80. The monoisotopic (exact) mass is 400 g/mol. The first-order valence-electron chi connectivity index (χ1n) is 10.1. The molecule has 1 aliphatic rings. The number of methoxy groups -OCH3 is 1. The van der Waals surface area contributed by atoms with Crippen molar-refractivity contribution in [2.75, 3.05) is 18.6 Å². The van der Waals surface area contributed by atoms with Gasteiger partial charge in [0.1, 0.15) is 5.75 Å². The minimum atomic E-state index is -0.288. The smallest absolute Gasteiger partial charge is 0.252 e. The van der Waals surface area contributed by atoms with Gasteiger partial charge in [0.25, 0.3) is 5.91 Å². The standard InChI is InChI=1S/C25H24N2O3/c1-30-22-15-11-19(12-16-22)24(18-6-3-2-4-7-18)26-25(29)20-9-13-21(14-10-20)27-17-5-8-23(27)28/h2-4,6-7,9-16,24H,5,8,17H2,1H3,(H,26,29)/t24-/m1/s1. The van der Waals surface area contributed by atoms with Crippen molar-refractivity contribution in [1.82, 2.24) is 5.32 Å². The van der Waals surface area contributed by atoms with Gasteiger partial charge in [-0.3, -0.25) is 9.59 Å². The van der Waals surface area contributed by atoms with E-state index in [-0.39, 0.29) is 17.9 Å². The Hall–Kier alpha value is -3.60. The molecule has 5 heteroatoms. The molecule has 1 saturated heterocycles. The maximum absolute atomic E-state index is 13.0. The lowest BCUT2D eigenvalue weighted by atomic mass is 9.98. The van der Waals surface area contributed by atoms with E-state index in [0.717, 1.165) is 35.5 Å². The Balaban J connectivity index is 1.56. The van der Waals surface area contributed by atoms with E-state index in [1.54, 1.807) is 24.1 Å².